The van der Waals surface area contributed by atoms with Crippen LogP contribution in [0.1, 0.15) is 79.5 Å². The van der Waals surface area contributed by atoms with Crippen LogP contribution in [0.15, 0.2) is 12.1 Å². The molecule has 3 amide bonds. The van der Waals surface area contributed by atoms with Gasteiger partial charge in [-0.15, -0.1) is 0 Å². The van der Waals surface area contributed by atoms with E-state index in [2.05, 4.69) is 6.92 Å². The predicted octanol–water partition coefficient (Wildman–Crippen LogP) is 3.03. The highest BCUT2D eigenvalue weighted by atomic mass is 19.1. The SMILES string of the molecule is CCCCCCOCCOCCOCCC(=O)N1CCN(c2cc3c(cc2F)C(=O)N(C(CCC=O)C(C)=O)C3=O)CC1. The number of piperazine rings is 1. The monoisotopic (exact) mass is 605 g/mol. The van der Waals surface area contributed by atoms with Crippen molar-refractivity contribution in [3.05, 3.63) is 29.1 Å². The van der Waals surface area contributed by atoms with Crippen molar-refractivity contribution in [2.75, 3.05) is 70.7 Å². The number of amides is 3. The molecule has 1 fully saturated rings. The quantitative estimate of drug-likeness (QED) is 0.125. The second kappa shape index (κ2) is 17.8. The van der Waals surface area contributed by atoms with Crippen molar-refractivity contribution in [1.29, 1.82) is 0 Å². The molecule has 0 spiro atoms. The molecular weight excluding hydrogens is 561 g/mol. The van der Waals surface area contributed by atoms with E-state index in [1.54, 1.807) is 9.80 Å². The van der Waals surface area contributed by atoms with E-state index in [4.69, 9.17) is 14.2 Å². The zero-order chi connectivity index (χ0) is 31.2. The van der Waals surface area contributed by atoms with E-state index in [1.165, 1.54) is 32.3 Å². The summed E-state index contributed by atoms with van der Waals surface area (Å²) in [6.07, 6.45) is 5.56. The van der Waals surface area contributed by atoms with E-state index in [0.29, 0.717) is 58.9 Å². The topological polar surface area (TPSA) is 123 Å². The minimum absolute atomic E-state index is 0.00991. The Balaban J connectivity index is 1.39. The maximum atomic E-state index is 15.1. The lowest BCUT2D eigenvalue weighted by atomic mass is 10.1. The highest BCUT2D eigenvalue weighted by Gasteiger charge is 2.42. The fraction of sp³-hybridized carbons (Fsp3) is 0.645. The van der Waals surface area contributed by atoms with Crippen LogP contribution in [-0.4, -0.2) is 111 Å². The molecule has 0 saturated carbocycles. The standard InChI is InChI=1S/C31H44FN3O8/c1-3-4-5-6-15-41-17-19-43-20-18-42-16-9-29(38)34-12-10-33(11-13-34)28-22-25-24(21-26(28)32)30(39)35(31(25)40)27(23(2)37)8-7-14-36/h14,21-22,27H,3-13,15-20H2,1-2H3. The third-order valence-corrected chi connectivity index (χ3v) is 7.64. The summed E-state index contributed by atoms with van der Waals surface area (Å²) in [5, 5.41) is 0. The fourth-order valence-corrected chi connectivity index (χ4v) is 5.22. The number of carbonyl (C=O) groups excluding carboxylic acids is 5. The Bertz CT molecular complexity index is 1120. The number of ketones is 1. The van der Waals surface area contributed by atoms with Gasteiger partial charge in [0, 0.05) is 39.2 Å². The fourth-order valence-electron chi connectivity index (χ4n) is 5.22. The summed E-state index contributed by atoms with van der Waals surface area (Å²) in [5.74, 6) is -2.58. The molecule has 1 aromatic carbocycles. The van der Waals surface area contributed by atoms with Crippen molar-refractivity contribution in [3.8, 4) is 0 Å². The Hall–Kier alpha value is -3.22. The zero-order valence-electron chi connectivity index (χ0n) is 25.3. The lowest BCUT2D eigenvalue weighted by molar-refractivity contribution is -0.132. The van der Waals surface area contributed by atoms with E-state index in [9.17, 15) is 24.0 Å². The van der Waals surface area contributed by atoms with Gasteiger partial charge < -0.3 is 28.8 Å². The molecule has 1 unspecified atom stereocenters. The Morgan fingerprint density at radius 2 is 1.49 bits per heavy atom. The van der Waals surface area contributed by atoms with Crippen molar-refractivity contribution in [2.24, 2.45) is 0 Å². The number of unbranched alkanes of at least 4 members (excludes halogenated alkanes) is 3. The molecule has 0 aliphatic carbocycles. The molecule has 1 aromatic rings. The molecule has 0 radical (unpaired) electrons. The first-order valence-corrected chi connectivity index (χ1v) is 15.2. The summed E-state index contributed by atoms with van der Waals surface area (Å²) in [4.78, 5) is 65.9. The van der Waals surface area contributed by atoms with Gasteiger partial charge in [0.15, 0.2) is 5.78 Å². The van der Waals surface area contributed by atoms with Crippen molar-refractivity contribution >= 4 is 35.5 Å². The van der Waals surface area contributed by atoms with Gasteiger partial charge in [-0.1, -0.05) is 26.2 Å². The number of fused-ring (bicyclic) bond motifs is 1. The summed E-state index contributed by atoms with van der Waals surface area (Å²) in [6.45, 7) is 7.77. The van der Waals surface area contributed by atoms with Crippen molar-refractivity contribution in [3.63, 3.8) is 0 Å². The zero-order valence-corrected chi connectivity index (χ0v) is 25.3. The summed E-state index contributed by atoms with van der Waals surface area (Å²) in [6, 6.07) is 1.29. The first-order valence-electron chi connectivity index (χ1n) is 15.2. The van der Waals surface area contributed by atoms with Gasteiger partial charge in [0.25, 0.3) is 11.8 Å². The Labute approximate surface area is 252 Å². The molecule has 12 heteroatoms. The highest BCUT2D eigenvalue weighted by Crippen LogP contribution is 2.32. The molecule has 2 aliphatic rings. The van der Waals surface area contributed by atoms with Gasteiger partial charge in [-0.2, -0.15) is 0 Å². The molecule has 0 bridgehead atoms. The number of anilines is 1. The highest BCUT2D eigenvalue weighted by molar-refractivity contribution is 6.23. The van der Waals surface area contributed by atoms with Crippen molar-refractivity contribution in [1.82, 2.24) is 9.80 Å². The smallest absolute Gasteiger partial charge is 0.262 e. The molecule has 238 valence electrons. The number of hydrogen-bond acceptors (Lipinski definition) is 9. The summed E-state index contributed by atoms with van der Waals surface area (Å²) < 4.78 is 31.7. The van der Waals surface area contributed by atoms with Crippen LogP contribution in [-0.2, 0) is 28.6 Å². The third kappa shape index (κ3) is 9.64. The second-order valence-electron chi connectivity index (χ2n) is 10.7. The van der Waals surface area contributed by atoms with Crippen LogP contribution in [0.5, 0.6) is 0 Å². The summed E-state index contributed by atoms with van der Waals surface area (Å²) >= 11 is 0. The number of carbonyl (C=O) groups is 5. The van der Waals surface area contributed by atoms with Gasteiger partial charge in [0.05, 0.1) is 62.3 Å². The first-order chi connectivity index (χ1) is 20.8. The Morgan fingerprint density at radius 1 is 0.884 bits per heavy atom. The maximum absolute atomic E-state index is 15.1. The van der Waals surface area contributed by atoms with Crippen molar-refractivity contribution < 1.29 is 42.6 Å². The molecule has 0 N–H and O–H groups in total. The van der Waals surface area contributed by atoms with Gasteiger partial charge in [-0.3, -0.25) is 24.1 Å². The van der Waals surface area contributed by atoms with Crippen LogP contribution in [0.4, 0.5) is 10.1 Å². The molecule has 2 heterocycles. The van der Waals surface area contributed by atoms with Crippen LogP contribution in [0.3, 0.4) is 0 Å². The number of Topliss-reactive ketones (excluding diaryl/α,β-unsaturated/α-hetero) is 1. The average Bonchev–Trinajstić information content (AvgIpc) is 3.23. The second-order valence-corrected chi connectivity index (χ2v) is 10.7. The normalized spacial score (nSPS) is 15.7. The molecule has 3 rings (SSSR count). The lowest BCUT2D eigenvalue weighted by Crippen LogP contribution is -2.49. The van der Waals surface area contributed by atoms with Gasteiger partial charge in [0.2, 0.25) is 5.91 Å². The van der Waals surface area contributed by atoms with E-state index in [0.717, 1.165) is 24.0 Å². The molecule has 0 aromatic heterocycles. The maximum Gasteiger partial charge on any atom is 0.262 e. The number of nitrogens with zero attached hydrogens (tertiary/aromatic N) is 3. The van der Waals surface area contributed by atoms with Crippen LogP contribution in [0, 0.1) is 5.82 Å². The number of halogens is 1. The van der Waals surface area contributed by atoms with E-state index in [1.807, 2.05) is 0 Å². The number of rotatable bonds is 20. The van der Waals surface area contributed by atoms with Gasteiger partial charge in [0.1, 0.15) is 12.1 Å². The third-order valence-electron chi connectivity index (χ3n) is 7.64. The number of imide groups is 1. The predicted molar refractivity (Wildman–Crippen MR) is 157 cm³/mol. The van der Waals surface area contributed by atoms with E-state index < -0.39 is 29.5 Å². The van der Waals surface area contributed by atoms with Crippen LogP contribution >= 0.6 is 0 Å². The minimum atomic E-state index is -1.08. The number of ether oxygens (including phenoxy) is 3. The molecule has 1 atom stereocenters. The minimum Gasteiger partial charge on any atom is -0.379 e. The number of hydrogen-bond donors (Lipinski definition) is 0. The Kier molecular flexibility index (Phi) is 14.2. The number of benzene rings is 1. The summed E-state index contributed by atoms with van der Waals surface area (Å²) in [7, 11) is 0. The largest absolute Gasteiger partial charge is 0.379 e. The van der Waals surface area contributed by atoms with Crippen LogP contribution in [0.25, 0.3) is 0 Å². The first kappa shape index (κ1) is 34.3. The average molecular weight is 606 g/mol. The molecule has 43 heavy (non-hydrogen) atoms. The Morgan fingerprint density at radius 3 is 2.09 bits per heavy atom. The molecular formula is C31H44FN3O8. The van der Waals surface area contributed by atoms with E-state index in [-0.39, 0.29) is 48.6 Å². The van der Waals surface area contributed by atoms with Gasteiger partial charge >= 0.3 is 0 Å². The van der Waals surface area contributed by atoms with Gasteiger partial charge in [-0.05, 0) is 31.9 Å². The van der Waals surface area contributed by atoms with E-state index >= 15 is 4.39 Å². The molecule has 2 aliphatic heterocycles. The summed E-state index contributed by atoms with van der Waals surface area (Å²) in [5.41, 5.74) is 0.0774. The lowest BCUT2D eigenvalue weighted by Gasteiger charge is -2.36. The van der Waals surface area contributed by atoms with Crippen LogP contribution in [0.2, 0.25) is 0 Å². The molecule has 11 nitrogen and oxygen atoms in total. The molecule has 1 saturated heterocycles. The number of aldehydes is 1. The van der Waals surface area contributed by atoms with Crippen molar-refractivity contribution in [2.45, 2.75) is 64.8 Å². The van der Waals surface area contributed by atoms with Crippen LogP contribution < -0.4 is 4.90 Å². The van der Waals surface area contributed by atoms with Gasteiger partial charge in [-0.25, -0.2) is 4.39 Å².